The minimum Gasteiger partial charge on any atom is -0.251 e. The molecule has 2 nitrogen and oxygen atoms in total. The number of aromatic nitrogens is 2. The van der Waals surface area contributed by atoms with Crippen LogP contribution in [-0.2, 0) is 0 Å². The highest BCUT2D eigenvalue weighted by atomic mass is 32.1. The normalized spacial score (nSPS) is 21.9. The third kappa shape index (κ3) is 6.54. The van der Waals surface area contributed by atoms with E-state index >= 15 is 0 Å². The van der Waals surface area contributed by atoms with Gasteiger partial charge in [-0.2, -0.15) is 0 Å². The summed E-state index contributed by atoms with van der Waals surface area (Å²) in [7, 11) is 2.47. The maximum atomic E-state index is 5.12. The number of hydrogen-bond acceptors (Lipinski definition) is 3. The van der Waals surface area contributed by atoms with Crippen molar-refractivity contribution in [2.45, 2.75) is 121 Å². The number of hydrogen-bond donors (Lipinski definition) is 0. The second-order valence-electron chi connectivity index (χ2n) is 9.49. The highest BCUT2D eigenvalue weighted by Crippen LogP contribution is 2.31. The van der Waals surface area contributed by atoms with Gasteiger partial charge in [0.25, 0.3) is 0 Å². The fourth-order valence-electron chi connectivity index (χ4n) is 5.29. The van der Waals surface area contributed by atoms with Gasteiger partial charge >= 0.3 is 0 Å². The lowest BCUT2D eigenvalue weighted by Crippen LogP contribution is -2.19. The van der Waals surface area contributed by atoms with Crippen LogP contribution in [0, 0.1) is 0 Å². The topological polar surface area (TPSA) is 25.8 Å². The summed E-state index contributed by atoms with van der Waals surface area (Å²) in [6.07, 6.45) is 23.6. The molecule has 1 radical (unpaired) electrons. The number of rotatable bonds is 3. The highest BCUT2D eigenvalue weighted by Gasteiger charge is 2.18. The van der Waals surface area contributed by atoms with E-state index in [4.69, 9.17) is 9.97 Å². The Morgan fingerprint density at radius 3 is 1.83 bits per heavy atom. The summed E-state index contributed by atoms with van der Waals surface area (Å²) >= 11 is 1.83. The first-order valence-electron chi connectivity index (χ1n) is 12.5. The van der Waals surface area contributed by atoms with E-state index in [1.54, 1.807) is 0 Å². The highest BCUT2D eigenvalue weighted by molar-refractivity contribution is 7.26. The molecular weight excluding hydrogens is 371 g/mol. The van der Waals surface area contributed by atoms with Crippen LogP contribution >= 0.6 is 11.3 Å². The van der Waals surface area contributed by atoms with Crippen molar-refractivity contribution in [3.8, 4) is 0 Å². The minimum atomic E-state index is 0.654. The van der Waals surface area contributed by atoms with Crippen molar-refractivity contribution in [3.05, 3.63) is 17.8 Å². The van der Waals surface area contributed by atoms with E-state index < -0.39 is 0 Å². The van der Waals surface area contributed by atoms with E-state index in [0.717, 1.165) is 10.3 Å². The number of fused-ring (bicyclic) bond motifs is 1. The van der Waals surface area contributed by atoms with Crippen LogP contribution in [0.2, 0.25) is 5.82 Å². The molecule has 0 bridgehead atoms. The van der Waals surface area contributed by atoms with Crippen molar-refractivity contribution in [1.82, 2.24) is 9.97 Å². The molecule has 29 heavy (non-hydrogen) atoms. The molecule has 0 amide bonds. The van der Waals surface area contributed by atoms with Crippen LogP contribution in [0.3, 0.4) is 0 Å². The van der Waals surface area contributed by atoms with Crippen LogP contribution in [0.4, 0.5) is 0 Å². The Labute approximate surface area is 182 Å². The molecule has 4 rings (SSSR count). The van der Waals surface area contributed by atoms with E-state index in [2.05, 4.69) is 19.4 Å². The van der Waals surface area contributed by atoms with Crippen LogP contribution in [0.1, 0.15) is 121 Å². The average Bonchev–Trinajstić information content (AvgIpc) is 3.19. The second-order valence-corrected chi connectivity index (χ2v) is 10.5. The van der Waals surface area contributed by atoms with E-state index in [1.165, 1.54) is 120 Å². The zero-order valence-electron chi connectivity index (χ0n) is 18.2. The zero-order valence-corrected chi connectivity index (χ0v) is 19.0. The second kappa shape index (κ2) is 11.5. The quantitative estimate of drug-likeness (QED) is 0.489. The van der Waals surface area contributed by atoms with Crippen molar-refractivity contribution >= 4 is 33.9 Å². The number of pyridine rings is 1. The molecular formula is C25H38BN2S. The van der Waals surface area contributed by atoms with Crippen LogP contribution < -0.4 is 4.91 Å². The Hall–Kier alpha value is -0.895. The molecule has 157 valence electrons. The molecule has 2 heterocycles. The predicted molar refractivity (Wildman–Crippen MR) is 128 cm³/mol. The Balaban J connectivity index is 1.43. The van der Waals surface area contributed by atoms with Crippen LogP contribution in [0.15, 0.2) is 12.1 Å². The Morgan fingerprint density at radius 1 is 0.655 bits per heavy atom. The van der Waals surface area contributed by atoms with Crippen molar-refractivity contribution in [2.75, 3.05) is 0 Å². The van der Waals surface area contributed by atoms with Crippen molar-refractivity contribution in [2.24, 2.45) is 0 Å². The molecule has 4 heteroatoms. The first kappa shape index (κ1) is 21.3. The SMILES string of the molecule is [B](c1nc2ccc(C3CCCCCCCCC3)nc2s1)C1CCCCCCCC1. The van der Waals surface area contributed by atoms with Gasteiger partial charge in [-0.15, -0.1) is 11.3 Å². The van der Waals surface area contributed by atoms with E-state index in [-0.39, 0.29) is 0 Å². The molecule has 2 aliphatic rings. The van der Waals surface area contributed by atoms with Gasteiger partial charge in [0.05, 0.1) is 5.52 Å². The predicted octanol–water partition coefficient (Wildman–Crippen LogP) is 7.55. The van der Waals surface area contributed by atoms with E-state index in [1.807, 2.05) is 11.3 Å². The summed E-state index contributed by atoms with van der Waals surface area (Å²) in [6, 6.07) is 4.52. The lowest BCUT2D eigenvalue weighted by Gasteiger charge is -2.18. The third-order valence-corrected chi connectivity index (χ3v) is 8.03. The smallest absolute Gasteiger partial charge is 0.195 e. The maximum absolute atomic E-state index is 5.12. The molecule has 0 unspecified atom stereocenters. The van der Waals surface area contributed by atoms with Gasteiger partial charge in [0.1, 0.15) is 4.83 Å². The van der Waals surface area contributed by atoms with Gasteiger partial charge in [0, 0.05) is 16.5 Å². The largest absolute Gasteiger partial charge is 0.251 e. The van der Waals surface area contributed by atoms with Crippen molar-refractivity contribution in [3.63, 3.8) is 0 Å². The fraction of sp³-hybridized carbons (Fsp3) is 0.760. The molecule has 0 aromatic carbocycles. The van der Waals surface area contributed by atoms with Gasteiger partial charge < -0.3 is 0 Å². The minimum absolute atomic E-state index is 0.654. The standard InChI is InChI=1S/C25H38BN2S/c1-2-6-10-14-20(15-11-7-3-1)22-18-19-23-24(27-22)29-25(28-23)26-21-16-12-8-4-5-9-13-17-21/h18-21H,1-17H2. The Kier molecular flexibility index (Phi) is 8.45. The molecule has 2 aromatic rings. The van der Waals surface area contributed by atoms with Crippen molar-refractivity contribution < 1.29 is 0 Å². The molecule has 0 atom stereocenters. The van der Waals surface area contributed by atoms with Crippen molar-refractivity contribution in [1.29, 1.82) is 0 Å². The maximum Gasteiger partial charge on any atom is 0.195 e. The number of thiazole rings is 1. The summed E-state index contributed by atoms with van der Waals surface area (Å²) in [5.41, 5.74) is 2.43. The molecule has 2 fully saturated rings. The first-order valence-corrected chi connectivity index (χ1v) is 13.3. The van der Waals surface area contributed by atoms with Gasteiger partial charge in [-0.3, -0.25) is 4.98 Å². The Bertz CT molecular complexity index is 723. The third-order valence-electron chi connectivity index (χ3n) is 7.10. The molecule has 2 aromatic heterocycles. The molecule has 2 aliphatic carbocycles. The summed E-state index contributed by atoms with van der Waals surface area (Å²) in [6.45, 7) is 0. The zero-order chi connectivity index (χ0) is 19.7. The van der Waals surface area contributed by atoms with E-state index in [9.17, 15) is 0 Å². The monoisotopic (exact) mass is 409 g/mol. The van der Waals surface area contributed by atoms with Crippen LogP contribution in [0.5, 0.6) is 0 Å². The lowest BCUT2D eigenvalue weighted by molar-refractivity contribution is 0.458. The molecule has 0 saturated heterocycles. The van der Waals surface area contributed by atoms with Crippen LogP contribution in [0.25, 0.3) is 10.3 Å². The van der Waals surface area contributed by atoms with Gasteiger partial charge in [-0.25, -0.2) is 4.98 Å². The summed E-state index contributed by atoms with van der Waals surface area (Å²) in [5, 5.41) is 0. The first-order chi connectivity index (χ1) is 14.4. The van der Waals surface area contributed by atoms with Gasteiger partial charge in [-0.05, 0) is 25.0 Å². The fourth-order valence-corrected chi connectivity index (χ4v) is 6.26. The van der Waals surface area contributed by atoms with Gasteiger partial charge in [-0.1, -0.05) is 102 Å². The number of nitrogens with zero attached hydrogens (tertiary/aromatic N) is 2. The molecule has 2 saturated carbocycles. The van der Waals surface area contributed by atoms with E-state index in [0.29, 0.717) is 11.7 Å². The Morgan fingerprint density at radius 2 is 1.21 bits per heavy atom. The van der Waals surface area contributed by atoms with Crippen LogP contribution in [-0.4, -0.2) is 17.2 Å². The van der Waals surface area contributed by atoms with Gasteiger partial charge in [0.15, 0.2) is 7.28 Å². The summed E-state index contributed by atoms with van der Waals surface area (Å²) in [4.78, 5) is 12.4. The molecule has 0 aliphatic heterocycles. The lowest BCUT2D eigenvalue weighted by atomic mass is 9.61. The molecule has 0 spiro atoms. The van der Waals surface area contributed by atoms with Gasteiger partial charge in [0.2, 0.25) is 0 Å². The summed E-state index contributed by atoms with van der Waals surface area (Å²) in [5.74, 6) is 1.37. The summed E-state index contributed by atoms with van der Waals surface area (Å²) < 4.78 is 0. The average molecular weight is 409 g/mol. The molecule has 0 N–H and O–H groups in total.